The van der Waals surface area contributed by atoms with Crippen molar-refractivity contribution in [3.63, 3.8) is 0 Å². The highest BCUT2D eigenvalue weighted by atomic mass is 79.9. The van der Waals surface area contributed by atoms with Gasteiger partial charge in [0.15, 0.2) is 5.78 Å². The van der Waals surface area contributed by atoms with Crippen molar-refractivity contribution in [2.24, 2.45) is 11.8 Å². The summed E-state index contributed by atoms with van der Waals surface area (Å²) in [4.78, 5) is 12.4. The first kappa shape index (κ1) is 13.6. The molecule has 0 saturated heterocycles. The van der Waals surface area contributed by atoms with Gasteiger partial charge in [0.05, 0.1) is 0 Å². The van der Waals surface area contributed by atoms with E-state index in [4.69, 9.17) is 5.73 Å². The topological polar surface area (TPSA) is 43.1 Å². The molecule has 1 aliphatic rings. The standard InChI is InChI=1S/C15H20BrNO/c1-2-10-3-5-11(6-4-10)15(18)13-8-7-12(16)9-14(13)17/h7-11H,2-6,17H2,1H3. The highest BCUT2D eigenvalue weighted by Gasteiger charge is 2.27. The highest BCUT2D eigenvalue weighted by molar-refractivity contribution is 9.10. The summed E-state index contributed by atoms with van der Waals surface area (Å²) in [6.45, 7) is 2.24. The maximum absolute atomic E-state index is 12.4. The van der Waals surface area contributed by atoms with Crippen molar-refractivity contribution in [1.82, 2.24) is 0 Å². The second-order valence-corrected chi connectivity index (χ2v) is 6.14. The number of ketones is 1. The quantitative estimate of drug-likeness (QED) is 0.663. The lowest BCUT2D eigenvalue weighted by molar-refractivity contribution is 0.0872. The largest absolute Gasteiger partial charge is 0.398 e. The lowest BCUT2D eigenvalue weighted by Crippen LogP contribution is -2.22. The van der Waals surface area contributed by atoms with Crippen LogP contribution in [0.25, 0.3) is 0 Å². The smallest absolute Gasteiger partial charge is 0.168 e. The number of carbonyl (C=O) groups excluding carboxylic acids is 1. The molecule has 0 amide bonds. The zero-order valence-electron chi connectivity index (χ0n) is 10.8. The van der Waals surface area contributed by atoms with Gasteiger partial charge in [0, 0.05) is 21.6 Å². The Bertz CT molecular complexity index is 436. The summed E-state index contributed by atoms with van der Waals surface area (Å²) >= 11 is 3.37. The van der Waals surface area contributed by atoms with Gasteiger partial charge in [0.2, 0.25) is 0 Å². The zero-order chi connectivity index (χ0) is 13.1. The van der Waals surface area contributed by atoms with Crippen molar-refractivity contribution in [2.45, 2.75) is 39.0 Å². The van der Waals surface area contributed by atoms with Gasteiger partial charge in [0.1, 0.15) is 0 Å². The van der Waals surface area contributed by atoms with Gasteiger partial charge < -0.3 is 5.73 Å². The molecule has 1 aromatic rings. The van der Waals surface area contributed by atoms with Gasteiger partial charge in [-0.05, 0) is 49.8 Å². The van der Waals surface area contributed by atoms with Crippen LogP contribution in [0.2, 0.25) is 0 Å². The number of hydrogen-bond donors (Lipinski definition) is 1. The molecule has 0 unspecified atom stereocenters. The SMILES string of the molecule is CCC1CCC(C(=O)c2ccc(Br)cc2N)CC1. The third kappa shape index (κ3) is 2.94. The molecule has 0 atom stereocenters. The average Bonchev–Trinajstić information content (AvgIpc) is 2.38. The summed E-state index contributed by atoms with van der Waals surface area (Å²) in [5.74, 6) is 1.22. The fraction of sp³-hybridized carbons (Fsp3) is 0.533. The molecule has 2 nitrogen and oxygen atoms in total. The van der Waals surface area contributed by atoms with Gasteiger partial charge in [-0.2, -0.15) is 0 Å². The fourth-order valence-corrected chi connectivity index (χ4v) is 3.19. The number of Topliss-reactive ketones (excluding diaryl/α,β-unsaturated/α-hetero) is 1. The van der Waals surface area contributed by atoms with Gasteiger partial charge in [-0.1, -0.05) is 29.3 Å². The van der Waals surface area contributed by atoms with Crippen LogP contribution in [0.5, 0.6) is 0 Å². The molecule has 0 bridgehead atoms. The van der Waals surface area contributed by atoms with E-state index < -0.39 is 0 Å². The third-order valence-electron chi connectivity index (χ3n) is 4.07. The van der Waals surface area contributed by atoms with E-state index >= 15 is 0 Å². The molecular weight excluding hydrogens is 290 g/mol. The molecule has 2 rings (SSSR count). The first-order chi connectivity index (χ1) is 8.61. The second-order valence-electron chi connectivity index (χ2n) is 5.22. The zero-order valence-corrected chi connectivity index (χ0v) is 12.4. The molecule has 18 heavy (non-hydrogen) atoms. The summed E-state index contributed by atoms with van der Waals surface area (Å²) in [6.07, 6.45) is 5.65. The third-order valence-corrected chi connectivity index (χ3v) is 4.57. The Balaban J connectivity index is 2.08. The summed E-state index contributed by atoms with van der Waals surface area (Å²) in [5, 5.41) is 0. The minimum absolute atomic E-state index is 0.177. The normalized spacial score (nSPS) is 23.9. The molecule has 0 radical (unpaired) electrons. The molecule has 0 aromatic heterocycles. The number of halogens is 1. The Hall–Kier alpha value is -0.830. The molecule has 1 saturated carbocycles. The Morgan fingerprint density at radius 1 is 1.33 bits per heavy atom. The van der Waals surface area contributed by atoms with Crippen LogP contribution in [0.1, 0.15) is 49.4 Å². The summed E-state index contributed by atoms with van der Waals surface area (Å²) in [6, 6.07) is 5.54. The molecule has 2 N–H and O–H groups in total. The molecule has 98 valence electrons. The molecule has 0 heterocycles. The highest BCUT2D eigenvalue weighted by Crippen LogP contribution is 2.33. The van der Waals surface area contributed by atoms with E-state index in [0.717, 1.165) is 23.2 Å². The molecular formula is C15H20BrNO. The molecule has 3 heteroatoms. The first-order valence-corrected chi connectivity index (χ1v) is 7.50. The average molecular weight is 310 g/mol. The monoisotopic (exact) mass is 309 g/mol. The minimum Gasteiger partial charge on any atom is -0.398 e. The van der Waals surface area contributed by atoms with Crippen LogP contribution in [-0.4, -0.2) is 5.78 Å². The van der Waals surface area contributed by atoms with Crippen LogP contribution >= 0.6 is 15.9 Å². The predicted octanol–water partition coefficient (Wildman–Crippen LogP) is 4.43. The van der Waals surface area contributed by atoms with Crippen LogP contribution in [0.15, 0.2) is 22.7 Å². The van der Waals surface area contributed by atoms with Gasteiger partial charge in [-0.3, -0.25) is 4.79 Å². The van der Waals surface area contributed by atoms with E-state index in [0.29, 0.717) is 11.3 Å². The van der Waals surface area contributed by atoms with Gasteiger partial charge >= 0.3 is 0 Å². The lowest BCUT2D eigenvalue weighted by atomic mass is 9.77. The molecule has 0 aliphatic heterocycles. The number of hydrogen-bond acceptors (Lipinski definition) is 2. The van der Waals surface area contributed by atoms with Crippen molar-refractivity contribution in [3.05, 3.63) is 28.2 Å². The predicted molar refractivity (Wildman–Crippen MR) is 78.6 cm³/mol. The summed E-state index contributed by atoms with van der Waals surface area (Å²) < 4.78 is 0.922. The van der Waals surface area contributed by atoms with E-state index in [1.165, 1.54) is 19.3 Å². The minimum atomic E-state index is 0.177. The van der Waals surface area contributed by atoms with E-state index in [-0.39, 0.29) is 11.7 Å². The number of benzene rings is 1. The second kappa shape index (κ2) is 5.87. The van der Waals surface area contributed by atoms with Gasteiger partial charge in [0.25, 0.3) is 0 Å². The summed E-state index contributed by atoms with van der Waals surface area (Å²) in [5.41, 5.74) is 7.21. The van der Waals surface area contributed by atoms with Crippen LogP contribution in [0.3, 0.4) is 0 Å². The fourth-order valence-electron chi connectivity index (χ4n) is 2.81. The van der Waals surface area contributed by atoms with E-state index in [1.54, 1.807) is 0 Å². The number of rotatable bonds is 3. The molecule has 1 fully saturated rings. The van der Waals surface area contributed by atoms with Gasteiger partial charge in [-0.25, -0.2) is 0 Å². The van der Waals surface area contributed by atoms with Crippen molar-refractivity contribution >= 4 is 27.4 Å². The maximum Gasteiger partial charge on any atom is 0.168 e. The number of nitrogen functional groups attached to an aromatic ring is 1. The van der Waals surface area contributed by atoms with Crippen molar-refractivity contribution < 1.29 is 4.79 Å². The van der Waals surface area contributed by atoms with Crippen molar-refractivity contribution in [3.8, 4) is 0 Å². The first-order valence-electron chi connectivity index (χ1n) is 6.71. The van der Waals surface area contributed by atoms with E-state index in [9.17, 15) is 4.79 Å². The Kier molecular flexibility index (Phi) is 4.44. The van der Waals surface area contributed by atoms with Crippen molar-refractivity contribution in [2.75, 3.05) is 5.73 Å². The van der Waals surface area contributed by atoms with E-state index in [2.05, 4.69) is 22.9 Å². The van der Waals surface area contributed by atoms with Crippen LogP contribution in [0, 0.1) is 11.8 Å². The molecule has 1 aliphatic carbocycles. The van der Waals surface area contributed by atoms with Crippen LogP contribution < -0.4 is 5.73 Å². The van der Waals surface area contributed by atoms with E-state index in [1.807, 2.05) is 18.2 Å². The molecule has 1 aromatic carbocycles. The number of nitrogens with two attached hydrogens (primary N) is 1. The molecule has 0 spiro atoms. The number of anilines is 1. The van der Waals surface area contributed by atoms with Crippen molar-refractivity contribution in [1.29, 1.82) is 0 Å². The Labute approximate surface area is 117 Å². The summed E-state index contributed by atoms with van der Waals surface area (Å²) in [7, 11) is 0. The number of carbonyl (C=O) groups is 1. The maximum atomic E-state index is 12.4. The Morgan fingerprint density at radius 3 is 2.56 bits per heavy atom. The Morgan fingerprint density at radius 2 is 2.00 bits per heavy atom. The lowest BCUT2D eigenvalue weighted by Gasteiger charge is -2.27. The van der Waals surface area contributed by atoms with Crippen LogP contribution in [0.4, 0.5) is 5.69 Å². The van der Waals surface area contributed by atoms with Crippen LogP contribution in [-0.2, 0) is 0 Å². The van der Waals surface area contributed by atoms with Gasteiger partial charge in [-0.15, -0.1) is 0 Å².